The lowest BCUT2D eigenvalue weighted by molar-refractivity contribution is -0.146. The molecule has 1 aromatic carbocycles. The Kier molecular flexibility index (Phi) is 18.2. The monoisotopic (exact) mass is 500 g/mol. The molecule has 0 aliphatic carbocycles. The molecule has 0 radical (unpaired) electrons. The molecule has 0 amide bonds. The first-order valence-electron chi connectivity index (χ1n) is 12.8. The van der Waals surface area contributed by atoms with Crippen molar-refractivity contribution in [1.82, 2.24) is 0 Å². The van der Waals surface area contributed by atoms with Gasteiger partial charge in [-0.25, -0.2) is 0 Å². The maximum absolute atomic E-state index is 11.8. The summed E-state index contributed by atoms with van der Waals surface area (Å²) >= 11 is 11.9. The number of unbranched alkanes of at least 4 members (excludes halogenated alkanes) is 12. The Balaban J connectivity index is 1.88. The number of ether oxygens (including phenoxy) is 2. The number of carbonyl (C=O) groups is 2. The van der Waals surface area contributed by atoms with Gasteiger partial charge in [0.2, 0.25) is 0 Å². The largest absolute Gasteiger partial charge is 0.466 e. The van der Waals surface area contributed by atoms with E-state index in [2.05, 4.69) is 6.92 Å². The van der Waals surface area contributed by atoms with Gasteiger partial charge in [-0.15, -0.1) is 0 Å². The minimum atomic E-state index is -0.356. The van der Waals surface area contributed by atoms with Crippen molar-refractivity contribution in [2.24, 2.45) is 0 Å². The van der Waals surface area contributed by atoms with Crippen molar-refractivity contribution in [3.05, 3.63) is 33.8 Å². The van der Waals surface area contributed by atoms with E-state index < -0.39 is 0 Å². The highest BCUT2D eigenvalue weighted by atomic mass is 35.5. The Morgan fingerprint density at radius 1 is 0.697 bits per heavy atom. The summed E-state index contributed by atoms with van der Waals surface area (Å²) in [6, 6.07) is 5.04. The number of halogens is 2. The lowest BCUT2D eigenvalue weighted by Gasteiger charge is -2.07. The van der Waals surface area contributed by atoms with Gasteiger partial charge in [0, 0.05) is 28.5 Å². The number of carbonyl (C=O) groups excluding carboxylic acids is 2. The van der Waals surface area contributed by atoms with E-state index >= 15 is 0 Å². The molecule has 0 spiro atoms. The fourth-order valence-corrected chi connectivity index (χ4v) is 4.09. The molecule has 0 N–H and O–H groups in total. The van der Waals surface area contributed by atoms with Crippen LogP contribution >= 0.6 is 23.2 Å². The summed E-state index contributed by atoms with van der Waals surface area (Å²) in [6.07, 6.45) is 17.6. The minimum absolute atomic E-state index is 0.0956. The quantitative estimate of drug-likeness (QED) is 0.132. The van der Waals surface area contributed by atoms with Gasteiger partial charge < -0.3 is 9.47 Å². The minimum Gasteiger partial charge on any atom is -0.466 e. The van der Waals surface area contributed by atoms with Gasteiger partial charge in [0.25, 0.3) is 0 Å². The van der Waals surface area contributed by atoms with Crippen LogP contribution in [0.25, 0.3) is 0 Å². The zero-order chi connectivity index (χ0) is 24.2. The summed E-state index contributed by atoms with van der Waals surface area (Å²) in [5.41, 5.74) is 0.701. The first kappa shape index (κ1) is 29.8. The summed E-state index contributed by atoms with van der Waals surface area (Å²) in [7, 11) is 0. The molecule has 0 aliphatic rings. The summed E-state index contributed by atoms with van der Waals surface area (Å²) in [4.78, 5) is 23.6. The van der Waals surface area contributed by atoms with E-state index in [1.807, 2.05) is 0 Å². The van der Waals surface area contributed by atoms with Crippen molar-refractivity contribution in [2.45, 2.75) is 116 Å². The van der Waals surface area contributed by atoms with E-state index in [1.54, 1.807) is 18.2 Å². The van der Waals surface area contributed by atoms with Crippen LogP contribution in [-0.4, -0.2) is 18.5 Å². The normalized spacial score (nSPS) is 10.9. The Hall–Kier alpha value is -1.26. The molecule has 33 heavy (non-hydrogen) atoms. The second-order valence-electron chi connectivity index (χ2n) is 8.71. The number of rotatable bonds is 20. The van der Waals surface area contributed by atoms with E-state index in [0.717, 1.165) is 12.8 Å². The molecule has 0 aromatic heterocycles. The molecule has 1 rings (SSSR count). The second kappa shape index (κ2) is 20.1. The number of esters is 2. The topological polar surface area (TPSA) is 52.6 Å². The summed E-state index contributed by atoms with van der Waals surface area (Å²) in [5, 5.41) is 0.999. The predicted molar refractivity (Wildman–Crippen MR) is 137 cm³/mol. The van der Waals surface area contributed by atoms with Crippen LogP contribution in [0.15, 0.2) is 18.2 Å². The lowest BCUT2D eigenvalue weighted by atomic mass is 10.0. The Bertz CT molecular complexity index is 664. The van der Waals surface area contributed by atoms with Crippen LogP contribution in [0, 0.1) is 0 Å². The van der Waals surface area contributed by atoms with Gasteiger partial charge >= 0.3 is 11.9 Å². The molecular formula is C27H42Cl2O4. The molecule has 0 atom stereocenters. The van der Waals surface area contributed by atoms with Crippen LogP contribution in [0.4, 0.5) is 0 Å². The zero-order valence-electron chi connectivity index (χ0n) is 20.3. The van der Waals surface area contributed by atoms with Gasteiger partial charge in [-0.1, -0.05) is 113 Å². The third-order valence-corrected chi connectivity index (χ3v) is 6.26. The fraction of sp³-hybridized carbons (Fsp3) is 0.704. The maximum atomic E-state index is 11.8. The highest BCUT2D eigenvalue weighted by Gasteiger charge is 2.09. The first-order chi connectivity index (χ1) is 16.0. The van der Waals surface area contributed by atoms with Crippen molar-refractivity contribution >= 4 is 35.1 Å². The van der Waals surface area contributed by atoms with Gasteiger partial charge in [0.05, 0.1) is 6.61 Å². The average molecular weight is 502 g/mol. The van der Waals surface area contributed by atoms with Crippen LogP contribution in [0.1, 0.15) is 115 Å². The molecule has 0 aliphatic heterocycles. The van der Waals surface area contributed by atoms with Crippen LogP contribution in [-0.2, 0) is 25.7 Å². The average Bonchev–Trinajstić information content (AvgIpc) is 2.78. The molecule has 0 bridgehead atoms. The van der Waals surface area contributed by atoms with Crippen LogP contribution < -0.4 is 0 Å². The molecule has 0 fully saturated rings. The predicted octanol–water partition coefficient (Wildman–Crippen LogP) is 8.84. The third-order valence-electron chi connectivity index (χ3n) is 5.68. The van der Waals surface area contributed by atoms with Gasteiger partial charge in [0.1, 0.15) is 6.61 Å². The molecule has 1 aromatic rings. The van der Waals surface area contributed by atoms with Gasteiger partial charge in [-0.3, -0.25) is 9.59 Å². The van der Waals surface area contributed by atoms with E-state index in [1.165, 1.54) is 70.6 Å². The van der Waals surface area contributed by atoms with E-state index in [-0.39, 0.29) is 31.4 Å². The number of hydrogen-bond donors (Lipinski definition) is 0. The molecule has 0 saturated heterocycles. The zero-order valence-corrected chi connectivity index (χ0v) is 21.9. The van der Waals surface area contributed by atoms with Crippen molar-refractivity contribution in [1.29, 1.82) is 0 Å². The Morgan fingerprint density at radius 2 is 1.21 bits per heavy atom. The molecule has 0 heterocycles. The Morgan fingerprint density at radius 3 is 1.76 bits per heavy atom. The standard InChI is InChI=1S/C27H42Cl2O4/c1-2-3-4-5-6-7-8-9-10-11-12-13-14-20-32-26(30)16-15-17-27(31)33-22-23-18-19-24(28)21-25(23)29/h18-19,21H,2-17,20,22H2,1H3. The Labute approximate surface area is 210 Å². The number of benzene rings is 1. The smallest absolute Gasteiger partial charge is 0.306 e. The van der Waals surface area contributed by atoms with Gasteiger partial charge in [0.15, 0.2) is 0 Å². The van der Waals surface area contributed by atoms with Crippen molar-refractivity contribution in [3.63, 3.8) is 0 Å². The summed E-state index contributed by atoms with van der Waals surface area (Å²) in [5.74, 6) is -0.604. The van der Waals surface area contributed by atoms with Crippen LogP contribution in [0.2, 0.25) is 10.0 Å². The number of hydrogen-bond acceptors (Lipinski definition) is 4. The molecular weight excluding hydrogens is 459 g/mol. The SMILES string of the molecule is CCCCCCCCCCCCCCCOC(=O)CCCC(=O)OCc1ccc(Cl)cc1Cl. The summed E-state index contributed by atoms with van der Waals surface area (Å²) in [6.45, 7) is 2.82. The highest BCUT2D eigenvalue weighted by molar-refractivity contribution is 6.35. The van der Waals surface area contributed by atoms with E-state index in [0.29, 0.717) is 28.6 Å². The van der Waals surface area contributed by atoms with Crippen LogP contribution in [0.5, 0.6) is 0 Å². The molecule has 0 saturated carbocycles. The van der Waals surface area contributed by atoms with Gasteiger partial charge in [-0.05, 0) is 25.0 Å². The highest BCUT2D eigenvalue weighted by Crippen LogP contribution is 2.21. The summed E-state index contributed by atoms with van der Waals surface area (Å²) < 4.78 is 10.5. The van der Waals surface area contributed by atoms with Crippen molar-refractivity contribution in [3.8, 4) is 0 Å². The second-order valence-corrected chi connectivity index (χ2v) is 9.56. The maximum Gasteiger partial charge on any atom is 0.306 e. The molecule has 0 unspecified atom stereocenters. The van der Waals surface area contributed by atoms with E-state index in [9.17, 15) is 9.59 Å². The van der Waals surface area contributed by atoms with Crippen molar-refractivity contribution in [2.75, 3.05) is 6.61 Å². The van der Waals surface area contributed by atoms with Crippen molar-refractivity contribution < 1.29 is 19.1 Å². The molecule has 6 heteroatoms. The first-order valence-corrected chi connectivity index (χ1v) is 13.5. The van der Waals surface area contributed by atoms with Crippen LogP contribution in [0.3, 0.4) is 0 Å². The molecule has 188 valence electrons. The lowest BCUT2D eigenvalue weighted by Crippen LogP contribution is -2.09. The van der Waals surface area contributed by atoms with Gasteiger partial charge in [-0.2, -0.15) is 0 Å². The third kappa shape index (κ3) is 16.9. The van der Waals surface area contributed by atoms with E-state index in [4.69, 9.17) is 32.7 Å². The molecule has 4 nitrogen and oxygen atoms in total. The fourth-order valence-electron chi connectivity index (χ4n) is 3.62.